The van der Waals surface area contributed by atoms with Crippen molar-refractivity contribution in [2.24, 2.45) is 0 Å². The molecule has 0 aromatic heterocycles. The fourth-order valence-electron chi connectivity index (χ4n) is 9.57. The van der Waals surface area contributed by atoms with Gasteiger partial charge in [0.05, 0.1) is 0 Å². The smallest absolute Gasteiger partial charge is 0.306 e. The third-order valence-electron chi connectivity index (χ3n) is 14.3. The van der Waals surface area contributed by atoms with E-state index in [0.29, 0.717) is 19.3 Å². The van der Waals surface area contributed by atoms with Crippen LogP contribution in [-0.4, -0.2) is 37.2 Å². The number of allylic oxidation sites excluding steroid dienone is 2. The monoisotopic (exact) mass is 973 g/mol. The Labute approximate surface area is 431 Å². The van der Waals surface area contributed by atoms with Crippen LogP contribution in [0.1, 0.15) is 355 Å². The lowest BCUT2D eigenvalue weighted by Gasteiger charge is -2.18. The SMILES string of the molecule is CCC/C=C\CCCCCCCC(=O)OCC(COC(=O)CCCCCCCCCCCCCCCCCCCCCCCCCCCCCCC)OC(=O)CCCCCCCCCCCCCC. The maximum absolute atomic E-state index is 12.8. The third kappa shape index (κ3) is 56.9. The fourth-order valence-corrected chi connectivity index (χ4v) is 9.57. The van der Waals surface area contributed by atoms with E-state index in [-0.39, 0.29) is 31.1 Å². The van der Waals surface area contributed by atoms with Gasteiger partial charge in [0.15, 0.2) is 6.10 Å². The van der Waals surface area contributed by atoms with Gasteiger partial charge in [0.1, 0.15) is 13.2 Å². The third-order valence-corrected chi connectivity index (χ3v) is 14.3. The van der Waals surface area contributed by atoms with E-state index in [4.69, 9.17) is 14.2 Å². The molecule has 69 heavy (non-hydrogen) atoms. The van der Waals surface area contributed by atoms with Crippen molar-refractivity contribution in [2.75, 3.05) is 13.2 Å². The van der Waals surface area contributed by atoms with Crippen molar-refractivity contribution < 1.29 is 28.6 Å². The first-order chi connectivity index (χ1) is 34.0. The van der Waals surface area contributed by atoms with Crippen LogP contribution in [0.2, 0.25) is 0 Å². The molecule has 0 aliphatic heterocycles. The molecule has 0 saturated carbocycles. The number of carbonyl (C=O) groups excluding carboxylic acids is 3. The molecular weight excluding hydrogens is 853 g/mol. The van der Waals surface area contributed by atoms with Crippen LogP contribution < -0.4 is 0 Å². The van der Waals surface area contributed by atoms with Crippen LogP contribution in [0, 0.1) is 0 Å². The Morgan fingerprint density at radius 3 is 0.783 bits per heavy atom. The van der Waals surface area contributed by atoms with Crippen molar-refractivity contribution in [1.29, 1.82) is 0 Å². The molecule has 0 aliphatic rings. The number of carbonyl (C=O) groups is 3. The maximum atomic E-state index is 12.8. The van der Waals surface area contributed by atoms with Crippen molar-refractivity contribution >= 4 is 17.9 Å². The van der Waals surface area contributed by atoms with Crippen LogP contribution in [-0.2, 0) is 28.6 Å². The summed E-state index contributed by atoms with van der Waals surface area (Å²) in [5.41, 5.74) is 0. The van der Waals surface area contributed by atoms with E-state index in [1.165, 1.54) is 244 Å². The van der Waals surface area contributed by atoms with Crippen molar-refractivity contribution in [3.8, 4) is 0 Å². The molecule has 0 amide bonds. The molecule has 1 atom stereocenters. The Morgan fingerprint density at radius 2 is 0.507 bits per heavy atom. The highest BCUT2D eigenvalue weighted by molar-refractivity contribution is 5.71. The second-order valence-corrected chi connectivity index (χ2v) is 21.3. The van der Waals surface area contributed by atoms with E-state index in [9.17, 15) is 14.4 Å². The normalized spacial score (nSPS) is 12.0. The highest BCUT2D eigenvalue weighted by atomic mass is 16.6. The van der Waals surface area contributed by atoms with Gasteiger partial charge in [-0.05, 0) is 38.5 Å². The summed E-state index contributed by atoms with van der Waals surface area (Å²) in [5.74, 6) is -0.856. The van der Waals surface area contributed by atoms with Crippen molar-refractivity contribution in [1.82, 2.24) is 0 Å². The molecule has 0 saturated heterocycles. The molecule has 0 heterocycles. The quantitative estimate of drug-likeness (QED) is 0.0261. The summed E-state index contributed by atoms with van der Waals surface area (Å²) in [6.45, 7) is 6.62. The van der Waals surface area contributed by atoms with Crippen molar-refractivity contribution in [3.63, 3.8) is 0 Å². The van der Waals surface area contributed by atoms with Gasteiger partial charge < -0.3 is 14.2 Å². The predicted octanol–water partition coefficient (Wildman–Crippen LogP) is 20.9. The topological polar surface area (TPSA) is 78.9 Å². The summed E-state index contributed by atoms with van der Waals surface area (Å²) in [5, 5.41) is 0. The second-order valence-electron chi connectivity index (χ2n) is 21.3. The number of rotatable bonds is 58. The second kappa shape index (κ2) is 58.7. The Balaban J connectivity index is 4.02. The van der Waals surface area contributed by atoms with Gasteiger partial charge in [0.25, 0.3) is 0 Å². The predicted molar refractivity (Wildman–Crippen MR) is 298 cm³/mol. The van der Waals surface area contributed by atoms with E-state index in [1.54, 1.807) is 0 Å². The zero-order valence-electron chi connectivity index (χ0n) is 46.9. The highest BCUT2D eigenvalue weighted by Gasteiger charge is 2.19. The number of ether oxygens (including phenoxy) is 3. The van der Waals surface area contributed by atoms with E-state index in [1.807, 2.05) is 0 Å². The Bertz CT molecular complexity index is 1070. The van der Waals surface area contributed by atoms with Crippen LogP contribution in [0.4, 0.5) is 0 Å². The van der Waals surface area contributed by atoms with E-state index >= 15 is 0 Å². The molecule has 0 spiro atoms. The van der Waals surface area contributed by atoms with Crippen LogP contribution in [0.3, 0.4) is 0 Å². The standard InChI is InChI=1S/C63H120O6/c1-4-7-10-13-16-19-22-24-25-26-27-28-29-30-31-32-33-34-35-36-37-38-39-40-42-44-47-50-53-56-62(65)68-59-60(58-67-61(64)55-52-49-46-43-21-18-15-12-9-6-3)69-63(66)57-54-51-48-45-41-23-20-17-14-11-8-5-2/h12,15,60H,4-11,13-14,16-59H2,1-3H3/b15-12-. The first-order valence-electron chi connectivity index (χ1n) is 31.2. The minimum atomic E-state index is -0.767. The first-order valence-corrected chi connectivity index (χ1v) is 31.2. The molecular formula is C63H120O6. The largest absolute Gasteiger partial charge is 0.462 e. The lowest BCUT2D eigenvalue weighted by atomic mass is 10.0. The lowest BCUT2D eigenvalue weighted by molar-refractivity contribution is -0.167. The Kier molecular flexibility index (Phi) is 57.1. The van der Waals surface area contributed by atoms with Crippen LogP contribution >= 0.6 is 0 Å². The fraction of sp³-hybridized carbons (Fsp3) is 0.921. The first kappa shape index (κ1) is 67.1. The Hall–Kier alpha value is -1.85. The summed E-state index contributed by atoms with van der Waals surface area (Å²) in [6, 6.07) is 0. The van der Waals surface area contributed by atoms with Crippen LogP contribution in [0.25, 0.3) is 0 Å². The van der Waals surface area contributed by atoms with Crippen molar-refractivity contribution in [3.05, 3.63) is 12.2 Å². The molecule has 6 nitrogen and oxygen atoms in total. The average Bonchev–Trinajstić information content (AvgIpc) is 3.35. The molecule has 0 radical (unpaired) electrons. The zero-order chi connectivity index (χ0) is 50.0. The number of esters is 3. The summed E-state index contributed by atoms with van der Waals surface area (Å²) in [7, 11) is 0. The van der Waals surface area contributed by atoms with Gasteiger partial charge in [0.2, 0.25) is 0 Å². The molecule has 6 heteroatoms. The summed E-state index contributed by atoms with van der Waals surface area (Å²) in [4.78, 5) is 38.0. The van der Waals surface area contributed by atoms with E-state index in [2.05, 4.69) is 32.9 Å². The molecule has 0 aromatic rings. The minimum Gasteiger partial charge on any atom is -0.462 e. The molecule has 1 unspecified atom stereocenters. The van der Waals surface area contributed by atoms with Gasteiger partial charge in [-0.2, -0.15) is 0 Å². The molecule has 0 rings (SSSR count). The van der Waals surface area contributed by atoms with Crippen LogP contribution in [0.15, 0.2) is 12.2 Å². The summed E-state index contributed by atoms with van der Waals surface area (Å²) >= 11 is 0. The number of hydrogen-bond acceptors (Lipinski definition) is 6. The number of hydrogen-bond donors (Lipinski definition) is 0. The Morgan fingerprint density at radius 1 is 0.275 bits per heavy atom. The van der Waals surface area contributed by atoms with Gasteiger partial charge >= 0.3 is 17.9 Å². The average molecular weight is 974 g/mol. The van der Waals surface area contributed by atoms with Crippen molar-refractivity contribution in [2.45, 2.75) is 361 Å². The van der Waals surface area contributed by atoms with Gasteiger partial charge in [-0.1, -0.05) is 309 Å². The molecule has 0 fully saturated rings. The van der Waals surface area contributed by atoms with E-state index in [0.717, 1.165) is 70.6 Å². The summed E-state index contributed by atoms with van der Waals surface area (Å²) < 4.78 is 16.8. The lowest BCUT2D eigenvalue weighted by Crippen LogP contribution is -2.30. The van der Waals surface area contributed by atoms with Gasteiger partial charge in [-0.3, -0.25) is 14.4 Å². The van der Waals surface area contributed by atoms with Gasteiger partial charge in [-0.15, -0.1) is 0 Å². The van der Waals surface area contributed by atoms with Gasteiger partial charge in [0, 0.05) is 19.3 Å². The summed E-state index contributed by atoms with van der Waals surface area (Å²) in [6.07, 6.45) is 68.2. The molecule has 0 aliphatic carbocycles. The maximum Gasteiger partial charge on any atom is 0.306 e. The highest BCUT2D eigenvalue weighted by Crippen LogP contribution is 2.18. The number of unbranched alkanes of at least 4 members (excludes halogenated alkanes) is 45. The molecule has 408 valence electrons. The minimum absolute atomic E-state index is 0.0669. The van der Waals surface area contributed by atoms with Gasteiger partial charge in [-0.25, -0.2) is 0 Å². The molecule has 0 bridgehead atoms. The van der Waals surface area contributed by atoms with E-state index < -0.39 is 6.10 Å². The van der Waals surface area contributed by atoms with Crippen LogP contribution in [0.5, 0.6) is 0 Å². The molecule has 0 aromatic carbocycles. The zero-order valence-corrected chi connectivity index (χ0v) is 46.9. The molecule has 0 N–H and O–H groups in total.